The van der Waals surface area contributed by atoms with Crippen molar-refractivity contribution in [3.63, 3.8) is 0 Å². The molecule has 2 aliphatic heterocycles. The molecule has 1 saturated carbocycles. The highest BCUT2D eigenvalue weighted by atomic mass is 16.2. The SMILES string of the molecule is C[C@@H]1CCCC[C@H]1NC(=O)C1CCN(C(=O)N2CCCC2)CC1. The van der Waals surface area contributed by atoms with Crippen molar-refractivity contribution < 1.29 is 9.59 Å². The Morgan fingerprint density at radius 3 is 2.09 bits per heavy atom. The van der Waals surface area contributed by atoms with Gasteiger partial charge in [0.05, 0.1) is 0 Å². The van der Waals surface area contributed by atoms with Gasteiger partial charge in [0.25, 0.3) is 0 Å². The van der Waals surface area contributed by atoms with E-state index in [1.165, 1.54) is 19.3 Å². The molecule has 2 saturated heterocycles. The van der Waals surface area contributed by atoms with Gasteiger partial charge >= 0.3 is 6.03 Å². The van der Waals surface area contributed by atoms with Gasteiger partial charge in [-0.1, -0.05) is 19.8 Å². The van der Waals surface area contributed by atoms with Crippen LogP contribution in [0.4, 0.5) is 4.79 Å². The van der Waals surface area contributed by atoms with Crippen LogP contribution in [0.1, 0.15) is 58.3 Å². The van der Waals surface area contributed by atoms with Crippen molar-refractivity contribution in [2.75, 3.05) is 26.2 Å². The van der Waals surface area contributed by atoms with Crippen LogP contribution in [0.2, 0.25) is 0 Å². The van der Waals surface area contributed by atoms with Crippen LogP contribution in [-0.2, 0) is 4.79 Å². The van der Waals surface area contributed by atoms with E-state index in [2.05, 4.69) is 12.2 Å². The predicted molar refractivity (Wildman–Crippen MR) is 90.1 cm³/mol. The van der Waals surface area contributed by atoms with Gasteiger partial charge in [-0.05, 0) is 44.4 Å². The maximum absolute atomic E-state index is 12.5. The number of rotatable bonds is 2. The molecule has 5 heteroatoms. The molecule has 0 bridgehead atoms. The number of carbonyl (C=O) groups is 2. The van der Waals surface area contributed by atoms with Crippen LogP contribution in [0.3, 0.4) is 0 Å². The summed E-state index contributed by atoms with van der Waals surface area (Å²) in [5.74, 6) is 0.910. The number of hydrogen-bond acceptors (Lipinski definition) is 2. The van der Waals surface area contributed by atoms with Gasteiger partial charge in [-0.15, -0.1) is 0 Å². The van der Waals surface area contributed by atoms with Crippen molar-refractivity contribution in [1.82, 2.24) is 15.1 Å². The zero-order valence-electron chi connectivity index (χ0n) is 14.4. The largest absolute Gasteiger partial charge is 0.353 e. The molecular formula is C18H31N3O2. The van der Waals surface area contributed by atoms with E-state index in [9.17, 15) is 9.59 Å². The van der Waals surface area contributed by atoms with Crippen LogP contribution < -0.4 is 5.32 Å². The van der Waals surface area contributed by atoms with Gasteiger partial charge in [0.15, 0.2) is 0 Å². The molecule has 1 aliphatic carbocycles. The molecule has 3 rings (SSSR count). The first-order valence-corrected chi connectivity index (χ1v) is 9.49. The van der Waals surface area contributed by atoms with E-state index < -0.39 is 0 Å². The zero-order valence-corrected chi connectivity index (χ0v) is 14.4. The molecule has 0 aromatic rings. The van der Waals surface area contributed by atoms with Crippen molar-refractivity contribution in [2.24, 2.45) is 11.8 Å². The number of piperidine rings is 1. The molecule has 0 unspecified atom stereocenters. The molecule has 1 N–H and O–H groups in total. The number of nitrogens with one attached hydrogen (secondary N) is 1. The normalized spacial score (nSPS) is 29.6. The summed E-state index contributed by atoms with van der Waals surface area (Å²) < 4.78 is 0. The van der Waals surface area contributed by atoms with Gasteiger partial charge in [0, 0.05) is 38.1 Å². The summed E-state index contributed by atoms with van der Waals surface area (Å²) >= 11 is 0. The number of nitrogens with zero attached hydrogens (tertiary/aromatic N) is 2. The summed E-state index contributed by atoms with van der Waals surface area (Å²) in [6, 6.07) is 0.544. The average Bonchev–Trinajstić information content (AvgIpc) is 3.11. The Balaban J connectivity index is 1.44. The predicted octanol–water partition coefficient (Wildman–Crippen LogP) is 2.61. The molecule has 0 aromatic carbocycles. The smallest absolute Gasteiger partial charge is 0.319 e. The van der Waals surface area contributed by atoms with Crippen molar-refractivity contribution >= 4 is 11.9 Å². The van der Waals surface area contributed by atoms with Crippen LogP contribution in [0.5, 0.6) is 0 Å². The van der Waals surface area contributed by atoms with E-state index >= 15 is 0 Å². The third-order valence-corrected chi connectivity index (χ3v) is 5.95. The Morgan fingerprint density at radius 2 is 1.43 bits per heavy atom. The fourth-order valence-corrected chi connectivity index (χ4v) is 4.27. The minimum atomic E-state index is 0.0896. The number of carbonyl (C=O) groups excluding carboxylic acids is 2. The summed E-state index contributed by atoms with van der Waals surface area (Å²) in [5.41, 5.74) is 0. The number of hydrogen-bond donors (Lipinski definition) is 1. The monoisotopic (exact) mass is 321 g/mol. The second kappa shape index (κ2) is 7.54. The fraction of sp³-hybridized carbons (Fsp3) is 0.889. The summed E-state index contributed by atoms with van der Waals surface area (Å²) in [5, 5.41) is 3.28. The lowest BCUT2D eigenvalue weighted by Gasteiger charge is -2.35. The summed E-state index contributed by atoms with van der Waals surface area (Å²) in [6.07, 6.45) is 8.77. The average molecular weight is 321 g/mol. The summed E-state index contributed by atoms with van der Waals surface area (Å²) in [6.45, 7) is 5.51. The Morgan fingerprint density at radius 1 is 0.826 bits per heavy atom. The maximum atomic E-state index is 12.5. The fourth-order valence-electron chi connectivity index (χ4n) is 4.27. The van der Waals surface area contributed by atoms with E-state index in [1.54, 1.807) is 0 Å². The highest BCUT2D eigenvalue weighted by molar-refractivity contribution is 5.80. The van der Waals surface area contributed by atoms with Crippen LogP contribution in [0.15, 0.2) is 0 Å². The second-order valence-electron chi connectivity index (χ2n) is 7.61. The van der Waals surface area contributed by atoms with Crippen LogP contribution in [-0.4, -0.2) is 54.0 Å². The number of urea groups is 1. The van der Waals surface area contributed by atoms with Crippen LogP contribution in [0.25, 0.3) is 0 Å². The lowest BCUT2D eigenvalue weighted by atomic mass is 9.85. The van der Waals surface area contributed by atoms with Gasteiger partial charge in [0.2, 0.25) is 5.91 Å². The highest BCUT2D eigenvalue weighted by Crippen LogP contribution is 2.25. The van der Waals surface area contributed by atoms with Crippen LogP contribution in [0, 0.1) is 11.8 Å². The van der Waals surface area contributed by atoms with E-state index in [-0.39, 0.29) is 17.9 Å². The topological polar surface area (TPSA) is 52.7 Å². The van der Waals surface area contributed by atoms with Gasteiger partial charge in [-0.25, -0.2) is 4.79 Å². The van der Waals surface area contributed by atoms with Crippen molar-refractivity contribution in [2.45, 2.75) is 64.3 Å². The Labute approximate surface area is 139 Å². The molecule has 3 aliphatic rings. The van der Waals surface area contributed by atoms with Crippen LogP contribution >= 0.6 is 0 Å². The molecule has 130 valence electrons. The Hall–Kier alpha value is -1.26. The van der Waals surface area contributed by atoms with Crippen molar-refractivity contribution in [3.8, 4) is 0 Å². The Bertz CT molecular complexity index is 426. The Kier molecular flexibility index (Phi) is 5.44. The first-order valence-electron chi connectivity index (χ1n) is 9.49. The third-order valence-electron chi connectivity index (χ3n) is 5.95. The molecule has 5 nitrogen and oxygen atoms in total. The maximum Gasteiger partial charge on any atom is 0.319 e. The van der Waals surface area contributed by atoms with E-state index in [1.807, 2.05) is 9.80 Å². The van der Waals surface area contributed by atoms with Gasteiger partial charge in [-0.2, -0.15) is 0 Å². The minimum absolute atomic E-state index is 0.0896. The molecule has 2 atom stereocenters. The molecule has 23 heavy (non-hydrogen) atoms. The third kappa shape index (κ3) is 3.99. The molecule has 0 spiro atoms. The molecule has 2 heterocycles. The van der Waals surface area contributed by atoms with Crippen molar-refractivity contribution in [1.29, 1.82) is 0 Å². The first kappa shape index (κ1) is 16.6. The first-order chi connectivity index (χ1) is 11.1. The van der Waals surface area contributed by atoms with E-state index in [0.717, 1.165) is 58.3 Å². The quantitative estimate of drug-likeness (QED) is 0.850. The van der Waals surface area contributed by atoms with Gasteiger partial charge in [0.1, 0.15) is 0 Å². The summed E-state index contributed by atoms with van der Waals surface area (Å²) in [4.78, 5) is 28.8. The lowest BCUT2D eigenvalue weighted by Crippen LogP contribution is -2.49. The van der Waals surface area contributed by atoms with Crippen molar-refractivity contribution in [3.05, 3.63) is 0 Å². The second-order valence-corrected chi connectivity index (χ2v) is 7.61. The number of amides is 3. The highest BCUT2D eigenvalue weighted by Gasteiger charge is 2.32. The molecule has 3 amide bonds. The number of likely N-dealkylation sites (tertiary alicyclic amines) is 2. The standard InChI is InChI=1S/C18H31N3O2/c1-14-6-2-3-7-16(14)19-17(22)15-8-12-21(13-9-15)18(23)20-10-4-5-11-20/h14-16H,2-13H2,1H3,(H,19,22)/t14-,16-/m1/s1. The zero-order chi connectivity index (χ0) is 16.2. The summed E-state index contributed by atoms with van der Waals surface area (Å²) in [7, 11) is 0. The van der Waals surface area contributed by atoms with Gasteiger partial charge in [-0.3, -0.25) is 4.79 Å². The molecule has 0 aromatic heterocycles. The lowest BCUT2D eigenvalue weighted by molar-refractivity contribution is -0.127. The molecule has 3 fully saturated rings. The van der Waals surface area contributed by atoms with E-state index in [0.29, 0.717) is 12.0 Å². The van der Waals surface area contributed by atoms with Gasteiger partial charge < -0.3 is 15.1 Å². The minimum Gasteiger partial charge on any atom is -0.353 e. The molecular weight excluding hydrogens is 290 g/mol. The van der Waals surface area contributed by atoms with E-state index in [4.69, 9.17) is 0 Å². The molecule has 0 radical (unpaired) electrons.